The number of rotatable bonds is 6. The number of hydrogen-bond donors (Lipinski definition) is 1. The fraction of sp³-hybridized carbons (Fsp3) is 0.364. The van der Waals surface area contributed by atoms with E-state index in [1.807, 2.05) is 18.2 Å². The molecule has 0 atom stereocenters. The van der Waals surface area contributed by atoms with Crippen LogP contribution in [0.4, 0.5) is 0 Å². The Hall–Kier alpha value is -0.870. The van der Waals surface area contributed by atoms with Gasteiger partial charge in [0.1, 0.15) is 5.75 Å². The van der Waals surface area contributed by atoms with Gasteiger partial charge < -0.3 is 9.84 Å². The van der Waals surface area contributed by atoms with E-state index < -0.39 is 5.97 Å². The minimum absolute atomic E-state index is 0.205. The summed E-state index contributed by atoms with van der Waals surface area (Å²) in [6.07, 6.45) is 0.862. The number of ether oxygens (including phenoxy) is 1. The molecule has 0 aromatic heterocycles. The quantitative estimate of drug-likeness (QED) is 0.630. The van der Waals surface area contributed by atoms with Crippen molar-refractivity contribution in [2.75, 3.05) is 12.9 Å². The molecule has 0 saturated carbocycles. The Morgan fingerprint density at radius 3 is 2.88 bits per heavy atom. The molecule has 0 fully saturated rings. The highest BCUT2D eigenvalue weighted by molar-refractivity contribution is 7.99. The number of aliphatic carboxylic acids is 1. The number of benzene rings is 1. The van der Waals surface area contributed by atoms with Gasteiger partial charge in [0, 0.05) is 11.3 Å². The second-order valence-electron chi connectivity index (χ2n) is 3.14. The van der Waals surface area contributed by atoms with Crippen molar-refractivity contribution in [3.8, 4) is 5.75 Å². The molecule has 0 amide bonds. The van der Waals surface area contributed by atoms with Crippen LogP contribution < -0.4 is 4.74 Å². The molecule has 3 nitrogen and oxygen atoms in total. The van der Waals surface area contributed by atoms with E-state index >= 15 is 0 Å². The van der Waals surface area contributed by atoms with E-state index in [2.05, 4.69) is 0 Å². The highest BCUT2D eigenvalue weighted by atomic mass is 35.5. The van der Waals surface area contributed by atoms with Crippen LogP contribution in [0.25, 0.3) is 0 Å². The number of carboxylic acids is 1. The van der Waals surface area contributed by atoms with Gasteiger partial charge in [0.15, 0.2) is 0 Å². The summed E-state index contributed by atoms with van der Waals surface area (Å²) in [4.78, 5) is 11.3. The lowest BCUT2D eigenvalue weighted by atomic mass is 10.3. The molecule has 0 heterocycles. The molecule has 0 aliphatic carbocycles. The maximum absolute atomic E-state index is 10.3. The van der Waals surface area contributed by atoms with Crippen LogP contribution in [0.3, 0.4) is 0 Å². The summed E-state index contributed by atoms with van der Waals surface area (Å²) >= 11 is 7.55. The predicted octanol–water partition coefficient (Wildman–Crippen LogP) is 3.31. The van der Waals surface area contributed by atoms with E-state index in [4.69, 9.17) is 21.4 Å². The first-order valence-corrected chi connectivity index (χ1v) is 6.18. The fourth-order valence-electron chi connectivity index (χ4n) is 1.15. The molecule has 0 saturated heterocycles. The first-order valence-electron chi connectivity index (χ1n) is 4.81. The van der Waals surface area contributed by atoms with E-state index in [-0.39, 0.29) is 6.42 Å². The van der Waals surface area contributed by atoms with Crippen molar-refractivity contribution in [1.29, 1.82) is 0 Å². The van der Waals surface area contributed by atoms with Gasteiger partial charge in [-0.1, -0.05) is 11.6 Å². The van der Waals surface area contributed by atoms with Crippen molar-refractivity contribution in [2.24, 2.45) is 0 Å². The van der Waals surface area contributed by atoms with Crippen molar-refractivity contribution < 1.29 is 14.6 Å². The summed E-state index contributed by atoms with van der Waals surface area (Å²) in [5.74, 6) is 0.666. The molecule has 1 aromatic carbocycles. The molecular weight excluding hydrogens is 248 g/mol. The van der Waals surface area contributed by atoms with E-state index in [9.17, 15) is 4.79 Å². The zero-order valence-corrected chi connectivity index (χ0v) is 10.5. The second-order valence-corrected chi connectivity index (χ2v) is 4.72. The lowest BCUT2D eigenvalue weighted by Crippen LogP contribution is -1.94. The molecule has 88 valence electrons. The SMILES string of the molecule is COc1ccc(SCCCC(=O)O)cc1Cl. The van der Waals surface area contributed by atoms with Crippen LogP contribution in [0.1, 0.15) is 12.8 Å². The molecule has 16 heavy (non-hydrogen) atoms. The summed E-state index contributed by atoms with van der Waals surface area (Å²) in [5, 5.41) is 9.05. The average Bonchev–Trinajstić information content (AvgIpc) is 2.24. The zero-order valence-electron chi connectivity index (χ0n) is 8.90. The molecule has 1 N–H and O–H groups in total. The van der Waals surface area contributed by atoms with Crippen LogP contribution in [0.5, 0.6) is 5.75 Å². The van der Waals surface area contributed by atoms with E-state index in [1.165, 1.54) is 0 Å². The monoisotopic (exact) mass is 260 g/mol. The minimum atomic E-state index is -0.756. The van der Waals surface area contributed by atoms with Gasteiger partial charge in [-0.2, -0.15) is 0 Å². The Labute approximate surface area is 104 Å². The van der Waals surface area contributed by atoms with Gasteiger partial charge >= 0.3 is 5.97 Å². The highest BCUT2D eigenvalue weighted by Gasteiger charge is 2.03. The normalized spacial score (nSPS) is 10.1. The number of halogens is 1. The zero-order chi connectivity index (χ0) is 12.0. The number of carboxylic acid groups (broad SMARTS) is 1. The molecule has 0 bridgehead atoms. The Morgan fingerprint density at radius 1 is 1.56 bits per heavy atom. The van der Waals surface area contributed by atoms with Crippen molar-refractivity contribution >= 4 is 29.3 Å². The van der Waals surface area contributed by atoms with Crippen LogP contribution in [0.15, 0.2) is 23.1 Å². The summed E-state index contributed by atoms with van der Waals surface area (Å²) in [7, 11) is 1.57. The van der Waals surface area contributed by atoms with Crippen LogP contribution in [0.2, 0.25) is 5.02 Å². The van der Waals surface area contributed by atoms with Crippen molar-refractivity contribution in [3.63, 3.8) is 0 Å². The topological polar surface area (TPSA) is 46.5 Å². The first kappa shape index (κ1) is 13.2. The van der Waals surface area contributed by atoms with Gasteiger partial charge in [-0.05, 0) is 30.4 Å². The van der Waals surface area contributed by atoms with Crippen molar-refractivity contribution in [3.05, 3.63) is 23.2 Å². The third-order valence-electron chi connectivity index (χ3n) is 1.93. The largest absolute Gasteiger partial charge is 0.495 e. The Bertz CT molecular complexity index is 368. The van der Waals surface area contributed by atoms with E-state index in [1.54, 1.807) is 18.9 Å². The predicted molar refractivity (Wildman–Crippen MR) is 65.6 cm³/mol. The smallest absolute Gasteiger partial charge is 0.303 e. The Balaban J connectivity index is 2.43. The van der Waals surface area contributed by atoms with Crippen LogP contribution in [-0.2, 0) is 4.79 Å². The lowest BCUT2D eigenvalue weighted by Gasteiger charge is -2.05. The number of carbonyl (C=O) groups is 1. The van der Waals surface area contributed by atoms with E-state index in [0.29, 0.717) is 17.2 Å². The van der Waals surface area contributed by atoms with Crippen molar-refractivity contribution in [2.45, 2.75) is 17.7 Å². The summed E-state index contributed by atoms with van der Waals surface area (Å²) in [6, 6.07) is 5.55. The first-order chi connectivity index (χ1) is 7.63. The van der Waals surface area contributed by atoms with Crippen LogP contribution >= 0.6 is 23.4 Å². The third kappa shape index (κ3) is 4.33. The highest BCUT2D eigenvalue weighted by Crippen LogP contribution is 2.29. The van der Waals surface area contributed by atoms with Gasteiger partial charge in [0.2, 0.25) is 0 Å². The van der Waals surface area contributed by atoms with Crippen LogP contribution in [0, 0.1) is 0 Å². The Kier molecular flexibility index (Phi) is 5.49. The molecule has 0 unspecified atom stereocenters. The van der Waals surface area contributed by atoms with Crippen LogP contribution in [-0.4, -0.2) is 23.9 Å². The minimum Gasteiger partial charge on any atom is -0.495 e. The fourth-order valence-corrected chi connectivity index (χ4v) is 2.36. The number of thioether (sulfide) groups is 1. The van der Waals surface area contributed by atoms with Crippen molar-refractivity contribution in [1.82, 2.24) is 0 Å². The number of hydrogen-bond acceptors (Lipinski definition) is 3. The molecule has 0 spiro atoms. The maximum atomic E-state index is 10.3. The molecular formula is C11H13ClO3S. The molecule has 1 aromatic rings. The third-order valence-corrected chi connectivity index (χ3v) is 3.30. The van der Waals surface area contributed by atoms with E-state index in [0.717, 1.165) is 10.6 Å². The lowest BCUT2D eigenvalue weighted by molar-refractivity contribution is -0.137. The summed E-state index contributed by atoms with van der Waals surface area (Å²) in [6.45, 7) is 0. The summed E-state index contributed by atoms with van der Waals surface area (Å²) < 4.78 is 5.04. The van der Waals surface area contributed by atoms with Gasteiger partial charge in [-0.25, -0.2) is 0 Å². The summed E-state index contributed by atoms with van der Waals surface area (Å²) in [5.41, 5.74) is 0. The maximum Gasteiger partial charge on any atom is 0.303 e. The molecule has 5 heteroatoms. The molecule has 1 rings (SSSR count). The Morgan fingerprint density at radius 2 is 2.31 bits per heavy atom. The number of methoxy groups -OCH3 is 1. The van der Waals surface area contributed by atoms with Gasteiger partial charge in [0.05, 0.1) is 12.1 Å². The van der Waals surface area contributed by atoms with Gasteiger partial charge in [0.25, 0.3) is 0 Å². The second kappa shape index (κ2) is 6.66. The average molecular weight is 261 g/mol. The molecule has 0 radical (unpaired) electrons. The van der Waals surface area contributed by atoms with Gasteiger partial charge in [-0.15, -0.1) is 11.8 Å². The molecule has 0 aliphatic heterocycles. The molecule has 0 aliphatic rings. The standard InChI is InChI=1S/C11H13ClO3S/c1-15-10-5-4-8(7-9(10)12)16-6-2-3-11(13)14/h4-5,7H,2-3,6H2,1H3,(H,13,14). The van der Waals surface area contributed by atoms with Gasteiger partial charge in [-0.3, -0.25) is 4.79 Å².